The Labute approximate surface area is 57.7 Å². The van der Waals surface area contributed by atoms with Crippen LogP contribution >= 0.6 is 0 Å². The minimum absolute atomic E-state index is 1.60. The fourth-order valence-corrected chi connectivity index (χ4v) is 0.404. The van der Waals surface area contributed by atoms with Crippen LogP contribution in [0.15, 0.2) is 0 Å². The van der Waals surface area contributed by atoms with E-state index in [1.807, 2.05) is 0 Å². The van der Waals surface area contributed by atoms with E-state index >= 15 is 0 Å². The van der Waals surface area contributed by atoms with Gasteiger partial charge in [-0.15, -0.1) is 0 Å². The molecule has 0 saturated carbocycles. The van der Waals surface area contributed by atoms with Crippen molar-refractivity contribution in [1.82, 2.24) is 0 Å². The second-order valence-electron chi connectivity index (χ2n) is 1.96. The molecule has 62 valence electrons. The zero-order valence-corrected chi connectivity index (χ0v) is 5.25. The zero-order valence-electron chi connectivity index (χ0n) is 5.25. The van der Waals surface area contributed by atoms with Crippen LogP contribution in [0.4, 0.5) is 0 Å². The minimum atomic E-state index is -1.63. The van der Waals surface area contributed by atoms with Gasteiger partial charge in [-0.05, 0) is 0 Å². The number of aliphatic hydroxyl groups excluding tert-OH is 4. The molecule has 0 heterocycles. The fraction of sp³-hybridized carbons (Fsp3) is 1.00. The summed E-state index contributed by atoms with van der Waals surface area (Å²) >= 11 is 0. The number of hydrogen-bond acceptors (Lipinski definition) is 6. The van der Waals surface area contributed by atoms with E-state index in [1.165, 1.54) is 0 Å². The third-order valence-corrected chi connectivity index (χ3v) is 1.05. The molecule has 0 aliphatic heterocycles. The average Bonchev–Trinajstić information content (AvgIpc) is 1.84. The fourth-order valence-electron chi connectivity index (χ4n) is 0.404. The van der Waals surface area contributed by atoms with Crippen molar-refractivity contribution in [1.29, 1.82) is 0 Å². The van der Waals surface area contributed by atoms with Crippen molar-refractivity contribution in [3.63, 3.8) is 0 Å². The highest BCUT2D eigenvalue weighted by atomic mass is 16.4. The van der Waals surface area contributed by atoms with E-state index in [4.69, 9.17) is 31.9 Å². The molecule has 0 radical (unpaired) electrons. The van der Waals surface area contributed by atoms with Crippen LogP contribution in [0.1, 0.15) is 0 Å². The molecule has 0 bridgehead atoms. The second-order valence-corrected chi connectivity index (χ2v) is 1.96. The Morgan fingerprint density at radius 1 is 0.700 bits per heavy atom. The molecule has 0 aromatic heterocycles. The SMILES string of the molecule is NC(O)C(O)[C@@H](O)C(N)O. The third kappa shape index (κ3) is 2.56. The topological polar surface area (TPSA) is 133 Å². The molecule has 10 heavy (non-hydrogen) atoms. The van der Waals surface area contributed by atoms with Gasteiger partial charge in [0.25, 0.3) is 0 Å². The number of rotatable bonds is 3. The molecular formula is C4H12N2O4. The lowest BCUT2D eigenvalue weighted by Gasteiger charge is -2.21. The van der Waals surface area contributed by atoms with E-state index in [2.05, 4.69) is 0 Å². The van der Waals surface area contributed by atoms with Crippen LogP contribution in [0.2, 0.25) is 0 Å². The molecule has 0 aromatic carbocycles. The Balaban J connectivity index is 3.81. The summed E-state index contributed by atoms with van der Waals surface area (Å²) in [5.41, 5.74) is 9.51. The van der Waals surface area contributed by atoms with Crippen LogP contribution in [-0.2, 0) is 0 Å². The van der Waals surface area contributed by atoms with Gasteiger partial charge in [-0.2, -0.15) is 0 Å². The Kier molecular flexibility index (Phi) is 3.72. The van der Waals surface area contributed by atoms with Gasteiger partial charge in [0.1, 0.15) is 24.7 Å². The highest BCUT2D eigenvalue weighted by Gasteiger charge is 2.25. The molecule has 0 rings (SSSR count). The number of nitrogens with two attached hydrogens (primary N) is 2. The van der Waals surface area contributed by atoms with Crippen molar-refractivity contribution < 1.29 is 20.4 Å². The predicted octanol–water partition coefficient (Wildman–Crippen LogP) is -3.74. The summed E-state index contributed by atoms with van der Waals surface area (Å²) in [4.78, 5) is 0. The third-order valence-electron chi connectivity index (χ3n) is 1.05. The van der Waals surface area contributed by atoms with E-state index in [0.29, 0.717) is 0 Å². The average molecular weight is 152 g/mol. The molecule has 3 unspecified atom stereocenters. The molecule has 0 spiro atoms. The largest absolute Gasteiger partial charge is 0.386 e. The first-order valence-corrected chi connectivity index (χ1v) is 2.70. The summed E-state index contributed by atoms with van der Waals surface area (Å²) in [6, 6.07) is 0. The molecule has 4 atom stereocenters. The van der Waals surface area contributed by atoms with E-state index in [-0.39, 0.29) is 0 Å². The molecule has 8 N–H and O–H groups in total. The molecular weight excluding hydrogens is 140 g/mol. The lowest BCUT2D eigenvalue weighted by molar-refractivity contribution is -0.101. The van der Waals surface area contributed by atoms with Gasteiger partial charge in [-0.1, -0.05) is 0 Å². The van der Waals surface area contributed by atoms with Gasteiger partial charge in [-0.25, -0.2) is 0 Å². The standard InChI is InChI=1S/C4H12N2O4/c5-3(9)1(7)2(8)4(6)10/h1-4,7-10H,5-6H2/t1-,2?,3?,4?/m1/s1. The zero-order chi connectivity index (χ0) is 8.31. The summed E-state index contributed by atoms with van der Waals surface area (Å²) in [7, 11) is 0. The summed E-state index contributed by atoms with van der Waals surface area (Å²) in [5, 5.41) is 34.3. The van der Waals surface area contributed by atoms with E-state index in [9.17, 15) is 0 Å². The van der Waals surface area contributed by atoms with Crippen molar-refractivity contribution in [2.75, 3.05) is 0 Å². The molecule has 0 aromatic rings. The Bertz CT molecular complexity index is 85.3. The normalized spacial score (nSPS) is 23.4. The van der Waals surface area contributed by atoms with Crippen LogP contribution in [0, 0.1) is 0 Å². The maximum Gasteiger partial charge on any atom is 0.131 e. The highest BCUT2D eigenvalue weighted by Crippen LogP contribution is 1.97. The van der Waals surface area contributed by atoms with Crippen molar-refractivity contribution in [3.8, 4) is 0 Å². The van der Waals surface area contributed by atoms with Crippen LogP contribution in [0.5, 0.6) is 0 Å². The van der Waals surface area contributed by atoms with Gasteiger partial charge in [0.15, 0.2) is 0 Å². The van der Waals surface area contributed by atoms with Gasteiger partial charge < -0.3 is 31.9 Å². The number of aliphatic hydroxyl groups is 4. The Morgan fingerprint density at radius 2 is 0.900 bits per heavy atom. The van der Waals surface area contributed by atoms with Crippen molar-refractivity contribution >= 4 is 0 Å². The maximum absolute atomic E-state index is 8.70. The summed E-state index contributed by atoms with van der Waals surface area (Å²) < 4.78 is 0. The van der Waals surface area contributed by atoms with Gasteiger partial charge in [0.2, 0.25) is 0 Å². The molecule has 0 fully saturated rings. The van der Waals surface area contributed by atoms with E-state index in [1.54, 1.807) is 0 Å². The van der Waals surface area contributed by atoms with Crippen LogP contribution in [0.25, 0.3) is 0 Å². The first kappa shape index (κ1) is 9.76. The molecule has 0 aliphatic rings. The quantitative estimate of drug-likeness (QED) is 0.230. The van der Waals surface area contributed by atoms with Crippen LogP contribution in [0.3, 0.4) is 0 Å². The molecule has 0 saturated heterocycles. The minimum Gasteiger partial charge on any atom is -0.386 e. The second kappa shape index (κ2) is 3.81. The predicted molar refractivity (Wildman–Crippen MR) is 32.4 cm³/mol. The van der Waals surface area contributed by atoms with Crippen LogP contribution < -0.4 is 11.5 Å². The Morgan fingerprint density at radius 3 is 1.00 bits per heavy atom. The van der Waals surface area contributed by atoms with Gasteiger partial charge in [-0.3, -0.25) is 0 Å². The maximum atomic E-state index is 8.70. The lowest BCUT2D eigenvalue weighted by atomic mass is 10.1. The molecule has 0 aliphatic carbocycles. The monoisotopic (exact) mass is 152 g/mol. The van der Waals surface area contributed by atoms with Crippen molar-refractivity contribution in [3.05, 3.63) is 0 Å². The first-order valence-electron chi connectivity index (χ1n) is 2.70. The lowest BCUT2D eigenvalue weighted by Crippen LogP contribution is -2.50. The Hall–Kier alpha value is -0.240. The van der Waals surface area contributed by atoms with Crippen molar-refractivity contribution in [2.45, 2.75) is 24.7 Å². The summed E-state index contributed by atoms with van der Waals surface area (Å²) in [5.74, 6) is 0. The van der Waals surface area contributed by atoms with E-state index in [0.717, 1.165) is 0 Å². The van der Waals surface area contributed by atoms with Gasteiger partial charge >= 0.3 is 0 Å². The smallest absolute Gasteiger partial charge is 0.131 e. The molecule has 6 nitrogen and oxygen atoms in total. The molecule has 6 heteroatoms. The van der Waals surface area contributed by atoms with Gasteiger partial charge in [0.05, 0.1) is 0 Å². The highest BCUT2D eigenvalue weighted by molar-refractivity contribution is 4.74. The van der Waals surface area contributed by atoms with Gasteiger partial charge in [0, 0.05) is 0 Å². The summed E-state index contributed by atoms with van der Waals surface area (Å²) in [6.45, 7) is 0. The van der Waals surface area contributed by atoms with Crippen LogP contribution in [-0.4, -0.2) is 45.1 Å². The molecule has 0 amide bonds. The van der Waals surface area contributed by atoms with Crippen molar-refractivity contribution in [2.24, 2.45) is 11.5 Å². The van der Waals surface area contributed by atoms with E-state index < -0.39 is 24.7 Å². The number of hydrogen-bond donors (Lipinski definition) is 6. The first-order chi connectivity index (χ1) is 4.46. The summed E-state index contributed by atoms with van der Waals surface area (Å²) in [6.07, 6.45) is -6.46.